The molecule has 0 radical (unpaired) electrons. The van der Waals surface area contributed by atoms with E-state index in [-0.39, 0.29) is 23.9 Å². The van der Waals surface area contributed by atoms with Gasteiger partial charge in [-0.1, -0.05) is 29.8 Å². The molecule has 1 atom stereocenters. The Kier molecular flexibility index (Phi) is 5.21. The van der Waals surface area contributed by atoms with Crippen molar-refractivity contribution in [1.29, 1.82) is 0 Å². The number of hydrogen-bond acceptors (Lipinski definition) is 3. The first kappa shape index (κ1) is 21.4. The molecule has 3 aliphatic rings. The number of aryl methyl sites for hydroxylation is 1. The second kappa shape index (κ2) is 8.27. The van der Waals surface area contributed by atoms with Crippen molar-refractivity contribution in [2.24, 2.45) is 5.92 Å². The van der Waals surface area contributed by atoms with E-state index in [1.807, 2.05) is 46.8 Å². The molecule has 6 nitrogen and oxygen atoms in total. The minimum atomic E-state index is 0.0282. The maximum Gasteiger partial charge on any atom is 0.273 e. The fourth-order valence-electron chi connectivity index (χ4n) is 5.63. The van der Waals surface area contributed by atoms with Crippen LogP contribution >= 0.6 is 11.6 Å². The lowest BCUT2D eigenvalue weighted by atomic mass is 9.97. The number of halogens is 1. The first-order chi connectivity index (χ1) is 16.5. The van der Waals surface area contributed by atoms with E-state index in [0.29, 0.717) is 29.6 Å². The summed E-state index contributed by atoms with van der Waals surface area (Å²) in [5, 5.41) is 5.40. The molecular weight excluding hydrogens is 448 g/mol. The third kappa shape index (κ3) is 3.52. The van der Waals surface area contributed by atoms with Gasteiger partial charge in [0.05, 0.1) is 17.4 Å². The smallest absolute Gasteiger partial charge is 0.273 e. The van der Waals surface area contributed by atoms with Gasteiger partial charge in [0, 0.05) is 35.3 Å². The van der Waals surface area contributed by atoms with Gasteiger partial charge in [-0.2, -0.15) is 5.10 Å². The van der Waals surface area contributed by atoms with E-state index in [1.165, 1.54) is 0 Å². The van der Waals surface area contributed by atoms with E-state index in [9.17, 15) is 9.59 Å². The molecule has 174 valence electrons. The molecule has 3 heterocycles. The van der Waals surface area contributed by atoms with Gasteiger partial charge in [0.15, 0.2) is 0 Å². The van der Waals surface area contributed by atoms with Crippen LogP contribution in [0.4, 0.5) is 0 Å². The summed E-state index contributed by atoms with van der Waals surface area (Å²) in [6.45, 7) is 3.32. The Labute approximate surface area is 204 Å². The molecule has 2 aromatic carbocycles. The van der Waals surface area contributed by atoms with E-state index < -0.39 is 0 Å². The molecule has 0 spiro atoms. The van der Waals surface area contributed by atoms with Crippen LogP contribution in [-0.4, -0.2) is 50.5 Å². The quantitative estimate of drug-likeness (QED) is 0.532. The van der Waals surface area contributed by atoms with Crippen LogP contribution in [-0.2, 0) is 0 Å². The van der Waals surface area contributed by atoms with Crippen molar-refractivity contribution in [1.82, 2.24) is 19.6 Å². The first-order valence-electron chi connectivity index (χ1n) is 12.1. The van der Waals surface area contributed by atoms with Crippen molar-refractivity contribution >= 4 is 23.4 Å². The second-order valence-corrected chi connectivity index (χ2v) is 10.1. The van der Waals surface area contributed by atoms with Crippen molar-refractivity contribution in [2.75, 3.05) is 13.1 Å². The lowest BCUT2D eigenvalue weighted by molar-refractivity contribution is 0.0425. The van der Waals surface area contributed by atoms with Crippen LogP contribution in [0.15, 0.2) is 54.6 Å². The standard InChI is InChI=1S/C27H27ClN4O2/c1-17-23-24(18-7-8-18)31(27(34)25(23)32(29-17)22-5-3-2-4-6-22)21-13-15-30(16-14-21)26(33)19-9-11-20(28)12-10-19/h2-6,9-12,18,21,24H,7-8,13-16H2,1H3. The molecule has 3 aromatic rings. The number of piperidine rings is 1. The lowest BCUT2D eigenvalue weighted by Crippen LogP contribution is -2.48. The van der Waals surface area contributed by atoms with E-state index in [2.05, 4.69) is 4.90 Å². The summed E-state index contributed by atoms with van der Waals surface area (Å²) in [4.78, 5) is 30.9. The summed E-state index contributed by atoms with van der Waals surface area (Å²) in [7, 11) is 0. The predicted molar refractivity (Wildman–Crippen MR) is 130 cm³/mol. The van der Waals surface area contributed by atoms with Crippen molar-refractivity contribution in [2.45, 2.75) is 44.7 Å². The average molecular weight is 475 g/mol. The van der Waals surface area contributed by atoms with Gasteiger partial charge >= 0.3 is 0 Å². The maximum absolute atomic E-state index is 13.9. The largest absolute Gasteiger partial charge is 0.338 e. The van der Waals surface area contributed by atoms with Crippen LogP contribution in [0.3, 0.4) is 0 Å². The molecule has 6 rings (SSSR count). The van der Waals surface area contributed by atoms with Crippen LogP contribution in [0, 0.1) is 12.8 Å². The molecule has 2 amide bonds. The number of benzene rings is 2. The highest BCUT2D eigenvalue weighted by atomic mass is 35.5. The first-order valence-corrected chi connectivity index (χ1v) is 12.4. The van der Waals surface area contributed by atoms with Gasteiger partial charge in [-0.25, -0.2) is 4.68 Å². The van der Waals surface area contributed by atoms with Gasteiger partial charge in [0.2, 0.25) is 0 Å². The molecule has 34 heavy (non-hydrogen) atoms. The number of carbonyl (C=O) groups excluding carboxylic acids is 2. The summed E-state index contributed by atoms with van der Waals surface area (Å²) in [5.74, 6) is 0.616. The predicted octanol–water partition coefficient (Wildman–Crippen LogP) is 5.05. The Hall–Kier alpha value is -3.12. The highest BCUT2D eigenvalue weighted by molar-refractivity contribution is 6.30. The molecule has 0 bridgehead atoms. The number of aromatic nitrogens is 2. The van der Waals surface area contributed by atoms with Crippen molar-refractivity contribution in [3.8, 4) is 5.69 Å². The highest BCUT2D eigenvalue weighted by Gasteiger charge is 2.51. The van der Waals surface area contributed by atoms with E-state index in [1.54, 1.807) is 24.3 Å². The topological polar surface area (TPSA) is 58.4 Å². The van der Waals surface area contributed by atoms with Gasteiger partial charge in [-0.3, -0.25) is 9.59 Å². The molecule has 7 heteroatoms. The number of fused-ring (bicyclic) bond motifs is 1. The molecule has 1 saturated heterocycles. The number of amides is 2. The van der Waals surface area contributed by atoms with Crippen LogP contribution < -0.4 is 0 Å². The number of nitrogens with zero attached hydrogens (tertiary/aromatic N) is 4. The summed E-state index contributed by atoms with van der Waals surface area (Å²) < 4.78 is 1.83. The number of rotatable bonds is 4. The molecule has 0 N–H and O–H groups in total. The molecular formula is C27H27ClN4O2. The zero-order valence-corrected chi connectivity index (χ0v) is 19.9. The Balaban J connectivity index is 1.25. The summed E-state index contributed by atoms with van der Waals surface area (Å²) in [6, 6.07) is 17.2. The van der Waals surface area contributed by atoms with Gasteiger partial charge in [-0.05, 0) is 74.9 Å². The van der Waals surface area contributed by atoms with Crippen molar-refractivity contribution in [3.63, 3.8) is 0 Å². The second-order valence-electron chi connectivity index (χ2n) is 9.62. The monoisotopic (exact) mass is 474 g/mol. The molecule has 1 aromatic heterocycles. The van der Waals surface area contributed by atoms with Crippen molar-refractivity contribution < 1.29 is 9.59 Å². The normalized spacial score (nSPS) is 20.6. The zero-order chi connectivity index (χ0) is 23.4. The molecule has 2 fully saturated rings. The minimum absolute atomic E-state index is 0.0282. The number of hydrogen-bond donors (Lipinski definition) is 0. The number of carbonyl (C=O) groups is 2. The van der Waals surface area contributed by atoms with E-state index >= 15 is 0 Å². The Bertz CT molecular complexity index is 1240. The molecule has 2 aliphatic heterocycles. The Morgan fingerprint density at radius 2 is 1.65 bits per heavy atom. The zero-order valence-electron chi connectivity index (χ0n) is 19.2. The van der Waals surface area contributed by atoms with Crippen LogP contribution in [0.25, 0.3) is 5.69 Å². The summed E-state index contributed by atoms with van der Waals surface area (Å²) >= 11 is 5.97. The summed E-state index contributed by atoms with van der Waals surface area (Å²) in [6.07, 6.45) is 3.88. The third-order valence-electron chi connectivity index (χ3n) is 7.44. The highest BCUT2D eigenvalue weighted by Crippen LogP contribution is 2.52. The maximum atomic E-state index is 13.9. The third-order valence-corrected chi connectivity index (χ3v) is 7.70. The number of likely N-dealkylation sites (tertiary alicyclic amines) is 1. The van der Waals surface area contributed by atoms with Gasteiger partial charge in [-0.15, -0.1) is 0 Å². The number of para-hydroxylation sites is 1. The molecule has 1 saturated carbocycles. The average Bonchev–Trinajstić information content (AvgIpc) is 3.58. The van der Waals surface area contributed by atoms with Crippen LogP contribution in [0.5, 0.6) is 0 Å². The Morgan fingerprint density at radius 3 is 2.29 bits per heavy atom. The fraction of sp³-hybridized carbons (Fsp3) is 0.370. The van der Waals surface area contributed by atoms with Gasteiger partial charge < -0.3 is 9.80 Å². The molecule has 1 aliphatic carbocycles. The lowest BCUT2D eigenvalue weighted by Gasteiger charge is -2.40. The SMILES string of the molecule is Cc1nn(-c2ccccc2)c2c1C(C1CC1)N(C1CCN(C(=O)c3ccc(Cl)cc3)CC1)C2=O. The summed E-state index contributed by atoms with van der Waals surface area (Å²) in [5.41, 5.74) is 4.35. The minimum Gasteiger partial charge on any atom is -0.338 e. The van der Waals surface area contributed by atoms with Gasteiger partial charge in [0.1, 0.15) is 5.69 Å². The van der Waals surface area contributed by atoms with Crippen LogP contribution in [0.1, 0.15) is 63.8 Å². The van der Waals surface area contributed by atoms with Crippen LogP contribution in [0.2, 0.25) is 5.02 Å². The molecule has 1 unspecified atom stereocenters. The Morgan fingerprint density at radius 1 is 0.971 bits per heavy atom. The van der Waals surface area contributed by atoms with Gasteiger partial charge in [0.25, 0.3) is 11.8 Å². The van der Waals surface area contributed by atoms with E-state index in [0.717, 1.165) is 48.3 Å². The van der Waals surface area contributed by atoms with Crippen molar-refractivity contribution in [3.05, 3.63) is 82.1 Å². The van der Waals surface area contributed by atoms with E-state index in [4.69, 9.17) is 16.7 Å². The fourth-order valence-corrected chi connectivity index (χ4v) is 5.76.